The molecule has 0 amide bonds. The molecule has 0 saturated heterocycles. The maximum atomic E-state index is 8.24. The van der Waals surface area contributed by atoms with E-state index in [4.69, 9.17) is 5.53 Å². The van der Waals surface area contributed by atoms with Crippen LogP contribution in [0.4, 0.5) is 0 Å². The first-order valence-corrected chi connectivity index (χ1v) is 4.56. The van der Waals surface area contributed by atoms with Crippen molar-refractivity contribution in [1.82, 2.24) is 0 Å². The lowest BCUT2D eigenvalue weighted by atomic mass is 10.1. The van der Waals surface area contributed by atoms with Crippen LogP contribution in [0.3, 0.4) is 0 Å². The van der Waals surface area contributed by atoms with Crippen molar-refractivity contribution in [1.29, 1.82) is 0 Å². The third-order valence-corrected chi connectivity index (χ3v) is 1.60. The minimum Gasteiger partial charge on any atom is -0.0881 e. The van der Waals surface area contributed by atoms with Crippen LogP contribution in [-0.4, -0.2) is 6.04 Å². The summed E-state index contributed by atoms with van der Waals surface area (Å²) < 4.78 is 0. The number of hydrogen-bond acceptors (Lipinski definition) is 1. The molecule has 68 valence electrons. The van der Waals surface area contributed by atoms with E-state index in [9.17, 15) is 0 Å². The molecule has 0 radical (unpaired) electrons. The molecule has 0 aliphatic heterocycles. The second kappa shape index (κ2) is 8.15. The van der Waals surface area contributed by atoms with Crippen LogP contribution >= 0.6 is 0 Å². The Bertz CT molecular complexity index is 169. The molecule has 0 spiro atoms. The van der Waals surface area contributed by atoms with Gasteiger partial charge in [-0.05, 0) is 18.4 Å². The molecule has 0 aliphatic rings. The minimum atomic E-state index is 0.0616. The van der Waals surface area contributed by atoms with E-state index in [-0.39, 0.29) is 6.04 Å². The fraction of sp³-hybridized carbons (Fsp3) is 0.778. The summed E-state index contributed by atoms with van der Waals surface area (Å²) in [4.78, 5) is 2.81. The van der Waals surface area contributed by atoms with Gasteiger partial charge in [0.05, 0.1) is 6.04 Å². The van der Waals surface area contributed by atoms with Crippen LogP contribution in [-0.2, 0) is 0 Å². The zero-order chi connectivity index (χ0) is 9.23. The average Bonchev–Trinajstić information content (AvgIpc) is 2.06. The van der Waals surface area contributed by atoms with Crippen LogP contribution in [0, 0.1) is 0 Å². The highest BCUT2D eigenvalue weighted by atomic mass is 15.1. The van der Waals surface area contributed by atoms with Crippen LogP contribution in [0.25, 0.3) is 10.4 Å². The van der Waals surface area contributed by atoms with E-state index in [1.165, 1.54) is 0 Å². The van der Waals surface area contributed by atoms with Gasteiger partial charge < -0.3 is 0 Å². The van der Waals surface area contributed by atoms with E-state index in [1.807, 2.05) is 6.08 Å². The van der Waals surface area contributed by atoms with Gasteiger partial charge in [-0.3, -0.25) is 0 Å². The molecule has 0 bridgehead atoms. The van der Waals surface area contributed by atoms with Crippen LogP contribution < -0.4 is 0 Å². The highest BCUT2D eigenvalue weighted by molar-refractivity contribution is 4.92. The van der Waals surface area contributed by atoms with Gasteiger partial charge in [0.1, 0.15) is 0 Å². The first-order chi connectivity index (χ1) is 5.85. The maximum absolute atomic E-state index is 8.24. The van der Waals surface area contributed by atoms with Gasteiger partial charge >= 0.3 is 0 Å². The summed E-state index contributed by atoms with van der Waals surface area (Å²) in [6, 6.07) is 0.0616. The van der Waals surface area contributed by atoms with Crippen molar-refractivity contribution in [2.24, 2.45) is 5.11 Å². The molecule has 0 aromatic carbocycles. The topological polar surface area (TPSA) is 48.8 Å². The van der Waals surface area contributed by atoms with Crippen molar-refractivity contribution in [2.75, 3.05) is 0 Å². The summed E-state index contributed by atoms with van der Waals surface area (Å²) in [5, 5.41) is 3.68. The standard InChI is InChI=1S/C9H17N3/c1-3-5-6-8-9(7-4-2)11-12-10/h6,8-9H,3-5,7H2,1-2H3/b8-6+. The molecule has 0 rings (SSSR count). The van der Waals surface area contributed by atoms with Gasteiger partial charge in [-0.25, -0.2) is 0 Å². The highest BCUT2D eigenvalue weighted by Crippen LogP contribution is 2.04. The fourth-order valence-corrected chi connectivity index (χ4v) is 0.975. The van der Waals surface area contributed by atoms with Crippen molar-refractivity contribution < 1.29 is 0 Å². The zero-order valence-electron chi connectivity index (χ0n) is 7.90. The Balaban J connectivity index is 3.84. The Labute approximate surface area is 74.1 Å². The summed E-state index contributed by atoms with van der Waals surface area (Å²) in [5.74, 6) is 0. The molecule has 0 aromatic heterocycles. The lowest BCUT2D eigenvalue weighted by molar-refractivity contribution is 0.696. The molecule has 0 heterocycles. The molecule has 0 aliphatic carbocycles. The molecular formula is C9H17N3. The predicted molar refractivity (Wildman–Crippen MR) is 51.9 cm³/mol. The lowest BCUT2D eigenvalue weighted by Crippen LogP contribution is -1.96. The SMILES string of the molecule is CCC/C=C/C(CCC)N=[N+]=[N-]. The maximum Gasteiger partial charge on any atom is 0.0555 e. The smallest absolute Gasteiger partial charge is 0.0555 e. The van der Waals surface area contributed by atoms with E-state index >= 15 is 0 Å². The van der Waals surface area contributed by atoms with Crippen molar-refractivity contribution >= 4 is 0 Å². The third-order valence-electron chi connectivity index (χ3n) is 1.60. The molecule has 1 unspecified atom stereocenters. The summed E-state index contributed by atoms with van der Waals surface area (Å²) in [6.07, 6.45) is 8.32. The Kier molecular flexibility index (Phi) is 7.50. The highest BCUT2D eigenvalue weighted by Gasteiger charge is 1.97. The minimum absolute atomic E-state index is 0.0616. The lowest BCUT2D eigenvalue weighted by Gasteiger charge is -2.01. The van der Waals surface area contributed by atoms with Crippen LogP contribution in [0.15, 0.2) is 17.3 Å². The fourth-order valence-electron chi connectivity index (χ4n) is 0.975. The molecule has 0 saturated carbocycles. The first kappa shape index (κ1) is 11.1. The summed E-state index contributed by atoms with van der Waals surface area (Å²) in [7, 11) is 0. The Morgan fingerprint density at radius 3 is 2.67 bits per heavy atom. The van der Waals surface area contributed by atoms with E-state index in [0.29, 0.717) is 0 Å². The van der Waals surface area contributed by atoms with Crippen molar-refractivity contribution in [2.45, 2.75) is 45.6 Å². The largest absolute Gasteiger partial charge is 0.0881 e. The molecule has 1 atom stereocenters. The van der Waals surface area contributed by atoms with Gasteiger partial charge in [0.25, 0.3) is 0 Å². The third kappa shape index (κ3) is 5.81. The molecule has 0 N–H and O–H groups in total. The normalized spacial score (nSPS) is 12.8. The van der Waals surface area contributed by atoms with Crippen LogP contribution in [0.1, 0.15) is 39.5 Å². The number of rotatable bonds is 6. The Morgan fingerprint density at radius 1 is 1.42 bits per heavy atom. The van der Waals surface area contributed by atoms with Crippen LogP contribution in [0.2, 0.25) is 0 Å². The average molecular weight is 167 g/mol. The van der Waals surface area contributed by atoms with Gasteiger partial charge in [0.15, 0.2) is 0 Å². The molecule has 12 heavy (non-hydrogen) atoms. The van der Waals surface area contributed by atoms with E-state index in [1.54, 1.807) is 0 Å². The molecule has 3 heteroatoms. The van der Waals surface area contributed by atoms with Crippen molar-refractivity contribution in [3.63, 3.8) is 0 Å². The quantitative estimate of drug-likeness (QED) is 0.250. The molecule has 0 fully saturated rings. The van der Waals surface area contributed by atoms with E-state index in [2.05, 4.69) is 29.9 Å². The van der Waals surface area contributed by atoms with Crippen molar-refractivity contribution in [3.8, 4) is 0 Å². The number of azide groups is 1. The zero-order valence-corrected chi connectivity index (χ0v) is 7.90. The second-order valence-corrected chi connectivity index (χ2v) is 2.78. The number of hydrogen-bond donors (Lipinski definition) is 0. The van der Waals surface area contributed by atoms with Crippen molar-refractivity contribution in [3.05, 3.63) is 22.6 Å². The number of unbranched alkanes of at least 4 members (excludes halogenated alkanes) is 1. The van der Waals surface area contributed by atoms with E-state index in [0.717, 1.165) is 25.7 Å². The summed E-state index contributed by atoms with van der Waals surface area (Å²) in [5.41, 5.74) is 8.24. The number of allylic oxidation sites excluding steroid dienone is 1. The van der Waals surface area contributed by atoms with Crippen LogP contribution in [0.5, 0.6) is 0 Å². The molecular weight excluding hydrogens is 150 g/mol. The van der Waals surface area contributed by atoms with Gasteiger partial charge in [-0.2, -0.15) is 0 Å². The Morgan fingerprint density at radius 2 is 2.17 bits per heavy atom. The van der Waals surface area contributed by atoms with E-state index < -0.39 is 0 Å². The van der Waals surface area contributed by atoms with Gasteiger partial charge in [-0.15, -0.1) is 0 Å². The first-order valence-electron chi connectivity index (χ1n) is 4.56. The summed E-state index contributed by atoms with van der Waals surface area (Å²) >= 11 is 0. The monoisotopic (exact) mass is 167 g/mol. The second-order valence-electron chi connectivity index (χ2n) is 2.78. The Hall–Kier alpha value is -0.950. The van der Waals surface area contributed by atoms with Gasteiger partial charge in [0, 0.05) is 4.91 Å². The molecule has 3 nitrogen and oxygen atoms in total. The predicted octanol–water partition coefficient (Wildman–Crippen LogP) is 3.82. The molecule has 0 aromatic rings. The van der Waals surface area contributed by atoms with Gasteiger partial charge in [0.2, 0.25) is 0 Å². The summed E-state index contributed by atoms with van der Waals surface area (Å²) in [6.45, 7) is 4.22. The number of nitrogens with zero attached hydrogens (tertiary/aromatic N) is 3. The van der Waals surface area contributed by atoms with Gasteiger partial charge in [-0.1, -0.05) is 44.0 Å².